The van der Waals surface area contributed by atoms with Crippen LogP contribution in [0.4, 0.5) is 4.39 Å². The number of hydrogen-bond acceptors (Lipinski definition) is 3. The fraction of sp³-hybridized carbons (Fsp3) is 0.278. The third-order valence-electron chi connectivity index (χ3n) is 2.62. The summed E-state index contributed by atoms with van der Waals surface area (Å²) >= 11 is 0. The summed E-state index contributed by atoms with van der Waals surface area (Å²) in [6, 6.07) is 6.14. The van der Waals surface area contributed by atoms with Gasteiger partial charge in [0.05, 0.1) is 6.42 Å². The van der Waals surface area contributed by atoms with Gasteiger partial charge in [-0.1, -0.05) is 49.6 Å². The number of rotatable bonds is 6. The molecule has 0 saturated carbocycles. The molecular weight excluding hydrogens is 281 g/mol. The van der Waals surface area contributed by atoms with Gasteiger partial charge < -0.3 is 10.1 Å². The Bertz CT molecular complexity index is 524. The highest BCUT2D eigenvalue weighted by Gasteiger charge is 2.14. The average molecular weight is 305 g/mol. The minimum Gasteiger partial charge on any atom is -0.458 e. The summed E-state index contributed by atoms with van der Waals surface area (Å²) in [4.78, 5) is 11.7. The molecule has 0 spiro atoms. The molecule has 0 aromatic heterocycles. The monoisotopic (exact) mass is 305 g/mol. The van der Waals surface area contributed by atoms with E-state index < -0.39 is 17.9 Å². The van der Waals surface area contributed by atoms with Crippen LogP contribution in [0.2, 0.25) is 0 Å². The number of ether oxygens (including phenoxy) is 1. The summed E-state index contributed by atoms with van der Waals surface area (Å²) in [5.74, 6) is -0.882. The van der Waals surface area contributed by atoms with Gasteiger partial charge in [0.1, 0.15) is 11.9 Å². The number of hydrogen-bond donors (Lipinski definition) is 1. The van der Waals surface area contributed by atoms with E-state index in [1.165, 1.54) is 6.07 Å². The Labute approximate surface area is 132 Å². The van der Waals surface area contributed by atoms with Gasteiger partial charge in [0, 0.05) is 0 Å². The van der Waals surface area contributed by atoms with Crippen molar-refractivity contribution in [3.63, 3.8) is 0 Å². The van der Waals surface area contributed by atoms with E-state index >= 15 is 0 Å². The van der Waals surface area contributed by atoms with E-state index in [2.05, 4.69) is 18.5 Å². The number of carbonyl (C=O) groups is 1. The lowest BCUT2D eigenvalue weighted by Gasteiger charge is -2.14. The number of allylic oxidation sites excluding steroid dienone is 2. The zero-order valence-corrected chi connectivity index (χ0v) is 13.4. The van der Waals surface area contributed by atoms with Crippen LogP contribution in [0, 0.1) is 5.82 Å². The first-order chi connectivity index (χ1) is 10.5. The van der Waals surface area contributed by atoms with Crippen LogP contribution in [0.3, 0.4) is 0 Å². The molecule has 120 valence electrons. The summed E-state index contributed by atoms with van der Waals surface area (Å²) in [6.07, 6.45) is 4.39. The Morgan fingerprint density at radius 3 is 2.45 bits per heavy atom. The van der Waals surface area contributed by atoms with Gasteiger partial charge in [0.2, 0.25) is 0 Å². The first-order valence-corrected chi connectivity index (χ1v) is 6.96. The lowest BCUT2D eigenvalue weighted by molar-refractivity contribution is -0.145. The van der Waals surface area contributed by atoms with E-state index in [1.54, 1.807) is 43.4 Å². The highest BCUT2D eigenvalue weighted by atomic mass is 19.1. The summed E-state index contributed by atoms with van der Waals surface area (Å²) in [5, 5.41) is 2.75. The lowest BCUT2D eigenvalue weighted by atomic mass is 10.1. The molecule has 0 saturated heterocycles. The van der Waals surface area contributed by atoms with Crippen LogP contribution in [-0.4, -0.2) is 26.2 Å². The topological polar surface area (TPSA) is 38.3 Å². The number of carbonyl (C=O) groups excluding carboxylic acids is 1. The molecule has 0 heterocycles. The van der Waals surface area contributed by atoms with E-state index in [9.17, 15) is 9.18 Å². The molecule has 0 radical (unpaired) electrons. The first-order valence-electron chi connectivity index (χ1n) is 6.96. The molecule has 0 aliphatic carbocycles. The zero-order valence-electron chi connectivity index (χ0n) is 13.4. The SMILES string of the molecule is C=C/C=C(\C=C)C(C)OC(=O)Cc1ccccc1F.CNC. The molecule has 0 bridgehead atoms. The third kappa shape index (κ3) is 7.55. The molecule has 3 nitrogen and oxygen atoms in total. The van der Waals surface area contributed by atoms with Crippen molar-refractivity contribution in [1.29, 1.82) is 0 Å². The quantitative estimate of drug-likeness (QED) is 0.646. The molecule has 1 N–H and O–H groups in total. The van der Waals surface area contributed by atoms with E-state index in [-0.39, 0.29) is 6.42 Å². The van der Waals surface area contributed by atoms with Gasteiger partial charge >= 0.3 is 5.97 Å². The predicted molar refractivity (Wildman–Crippen MR) is 89.1 cm³/mol. The van der Waals surface area contributed by atoms with Crippen molar-refractivity contribution in [1.82, 2.24) is 5.32 Å². The Balaban J connectivity index is 0.00000135. The molecule has 0 aliphatic rings. The van der Waals surface area contributed by atoms with Gasteiger partial charge in [-0.25, -0.2) is 4.39 Å². The molecule has 1 unspecified atom stereocenters. The molecule has 1 aromatic rings. The van der Waals surface area contributed by atoms with Gasteiger partial charge in [-0.3, -0.25) is 4.79 Å². The van der Waals surface area contributed by atoms with Gasteiger partial charge in [0.15, 0.2) is 0 Å². The smallest absolute Gasteiger partial charge is 0.310 e. The lowest BCUT2D eigenvalue weighted by Crippen LogP contribution is -2.18. The number of esters is 1. The van der Waals surface area contributed by atoms with E-state index in [0.29, 0.717) is 5.56 Å². The number of benzene rings is 1. The van der Waals surface area contributed by atoms with Crippen molar-refractivity contribution in [3.8, 4) is 0 Å². The molecule has 0 amide bonds. The van der Waals surface area contributed by atoms with Crippen LogP contribution >= 0.6 is 0 Å². The van der Waals surface area contributed by atoms with Crippen molar-refractivity contribution in [2.75, 3.05) is 14.1 Å². The Hall–Kier alpha value is -2.20. The summed E-state index contributed by atoms with van der Waals surface area (Å²) < 4.78 is 18.6. The fourth-order valence-electron chi connectivity index (χ4n) is 1.61. The average Bonchev–Trinajstić information content (AvgIpc) is 2.47. The molecule has 1 atom stereocenters. The first kappa shape index (κ1) is 19.8. The van der Waals surface area contributed by atoms with E-state index in [0.717, 1.165) is 5.57 Å². The van der Waals surface area contributed by atoms with Crippen LogP contribution in [-0.2, 0) is 16.0 Å². The van der Waals surface area contributed by atoms with Crippen LogP contribution in [0.1, 0.15) is 12.5 Å². The Morgan fingerprint density at radius 1 is 1.36 bits per heavy atom. The second-order valence-corrected chi connectivity index (χ2v) is 4.51. The Morgan fingerprint density at radius 2 is 1.95 bits per heavy atom. The molecule has 0 fully saturated rings. The Kier molecular flexibility index (Phi) is 10.3. The standard InChI is InChI=1S/C16H17FO2.C2H7N/c1-4-8-13(5-2)12(3)19-16(18)11-14-9-6-7-10-15(14)17;1-3-2/h4-10,12H,1-2,11H2,3H3;3H,1-2H3/b13-8+;. The van der Waals surface area contributed by atoms with E-state index in [4.69, 9.17) is 4.74 Å². The summed E-state index contributed by atoms with van der Waals surface area (Å²) in [6.45, 7) is 8.95. The zero-order chi connectivity index (χ0) is 17.0. The third-order valence-corrected chi connectivity index (χ3v) is 2.62. The van der Waals surface area contributed by atoms with Crippen molar-refractivity contribution in [2.45, 2.75) is 19.4 Å². The number of halogens is 1. The second kappa shape index (κ2) is 11.5. The molecule has 22 heavy (non-hydrogen) atoms. The molecule has 4 heteroatoms. The maximum absolute atomic E-state index is 13.4. The van der Waals surface area contributed by atoms with Crippen LogP contribution in [0.15, 0.2) is 61.2 Å². The van der Waals surface area contributed by atoms with Crippen LogP contribution in [0.5, 0.6) is 0 Å². The van der Waals surface area contributed by atoms with Crippen LogP contribution in [0.25, 0.3) is 0 Å². The predicted octanol–water partition coefficient (Wildman–Crippen LogP) is 3.43. The van der Waals surface area contributed by atoms with Gasteiger partial charge in [-0.2, -0.15) is 0 Å². The fourth-order valence-corrected chi connectivity index (χ4v) is 1.61. The van der Waals surface area contributed by atoms with Gasteiger partial charge in [-0.15, -0.1) is 0 Å². The summed E-state index contributed by atoms with van der Waals surface area (Å²) in [5.41, 5.74) is 1.07. The maximum atomic E-state index is 13.4. The largest absolute Gasteiger partial charge is 0.458 e. The minimum atomic E-state index is -0.477. The number of nitrogens with one attached hydrogen (secondary N) is 1. The summed E-state index contributed by atoms with van der Waals surface area (Å²) in [7, 11) is 3.75. The molecular formula is C18H24FNO2. The van der Waals surface area contributed by atoms with Crippen molar-refractivity contribution < 1.29 is 13.9 Å². The highest BCUT2D eigenvalue weighted by Crippen LogP contribution is 2.12. The minimum absolute atomic E-state index is 0.0878. The normalized spacial score (nSPS) is 11.7. The van der Waals surface area contributed by atoms with Gasteiger partial charge in [0.25, 0.3) is 0 Å². The van der Waals surface area contributed by atoms with Crippen LogP contribution < -0.4 is 5.32 Å². The van der Waals surface area contributed by atoms with E-state index in [1.807, 2.05) is 14.1 Å². The van der Waals surface area contributed by atoms with Crippen molar-refractivity contribution in [2.24, 2.45) is 0 Å². The van der Waals surface area contributed by atoms with Crippen molar-refractivity contribution >= 4 is 5.97 Å². The highest BCUT2D eigenvalue weighted by molar-refractivity contribution is 5.73. The second-order valence-electron chi connectivity index (χ2n) is 4.51. The van der Waals surface area contributed by atoms with Crippen molar-refractivity contribution in [3.05, 3.63) is 72.6 Å². The molecule has 0 aliphatic heterocycles. The maximum Gasteiger partial charge on any atom is 0.310 e. The molecule has 1 rings (SSSR count). The molecule has 1 aromatic carbocycles. The van der Waals surface area contributed by atoms with Gasteiger partial charge in [-0.05, 0) is 38.2 Å².